The van der Waals surface area contributed by atoms with Crippen molar-refractivity contribution in [3.63, 3.8) is 0 Å². The van der Waals surface area contributed by atoms with E-state index in [2.05, 4.69) is 0 Å². The summed E-state index contributed by atoms with van der Waals surface area (Å²) in [7, 11) is -3.17. The number of benzene rings is 2. The Hall–Kier alpha value is -1.92. The Morgan fingerprint density at radius 1 is 1.08 bits per heavy atom. The molecule has 0 aliphatic carbocycles. The van der Waals surface area contributed by atoms with Gasteiger partial charge in [-0.15, -0.1) is 0 Å². The Kier molecular flexibility index (Phi) is 4.60. The molecule has 0 aromatic heterocycles. The van der Waals surface area contributed by atoms with Gasteiger partial charge in [-0.2, -0.15) is 0 Å². The Morgan fingerprint density at radius 2 is 1.71 bits per heavy atom. The van der Waals surface area contributed by atoms with Gasteiger partial charge in [0.05, 0.1) is 17.5 Å². The van der Waals surface area contributed by atoms with Gasteiger partial charge in [0.1, 0.15) is 5.82 Å². The number of rotatable bonds is 3. The van der Waals surface area contributed by atoms with E-state index in [-0.39, 0.29) is 17.4 Å². The largest absolute Gasteiger partial charge is 0.304 e. The molecule has 1 saturated heterocycles. The normalized spacial score (nSPS) is 19.2. The van der Waals surface area contributed by atoms with E-state index in [4.69, 9.17) is 11.6 Å². The standard InChI is InChI=1S/C17H15ClFNO3S/c18-13-3-1-12(2-4-13)17(21)20(15-7-5-14(19)6-8-15)16-9-10-24(22,23)11-16/h1-8,16H,9-11H2. The summed E-state index contributed by atoms with van der Waals surface area (Å²) < 4.78 is 36.8. The summed E-state index contributed by atoms with van der Waals surface area (Å²) >= 11 is 5.85. The van der Waals surface area contributed by atoms with E-state index >= 15 is 0 Å². The van der Waals surface area contributed by atoms with Crippen LogP contribution in [-0.4, -0.2) is 31.9 Å². The highest BCUT2D eigenvalue weighted by Crippen LogP contribution is 2.27. The van der Waals surface area contributed by atoms with Gasteiger partial charge < -0.3 is 4.90 Å². The molecule has 1 amide bonds. The smallest absolute Gasteiger partial charge is 0.258 e. The molecule has 0 radical (unpaired) electrons. The Labute approximate surface area is 144 Å². The van der Waals surface area contributed by atoms with E-state index in [1.807, 2.05) is 0 Å². The molecule has 0 saturated carbocycles. The van der Waals surface area contributed by atoms with Crippen LogP contribution in [-0.2, 0) is 9.84 Å². The van der Waals surface area contributed by atoms with Crippen LogP contribution in [0.1, 0.15) is 16.8 Å². The summed E-state index contributed by atoms with van der Waals surface area (Å²) in [5.74, 6) is -0.801. The number of carbonyl (C=O) groups excluding carboxylic acids is 1. The fraction of sp³-hybridized carbons (Fsp3) is 0.235. The molecule has 3 rings (SSSR count). The zero-order valence-corrected chi connectivity index (χ0v) is 14.2. The third kappa shape index (κ3) is 3.60. The summed E-state index contributed by atoms with van der Waals surface area (Å²) in [5, 5.41) is 0.503. The molecule has 1 fully saturated rings. The van der Waals surface area contributed by atoms with Crippen molar-refractivity contribution >= 4 is 33.0 Å². The molecule has 7 heteroatoms. The SMILES string of the molecule is O=C(c1ccc(Cl)cc1)N(c1ccc(F)cc1)C1CCS(=O)(=O)C1. The van der Waals surface area contributed by atoms with E-state index in [1.54, 1.807) is 24.3 Å². The van der Waals surface area contributed by atoms with Gasteiger partial charge in [0.15, 0.2) is 9.84 Å². The number of anilines is 1. The van der Waals surface area contributed by atoms with E-state index in [1.165, 1.54) is 29.2 Å². The minimum absolute atomic E-state index is 0.0449. The third-order valence-corrected chi connectivity index (χ3v) is 5.99. The van der Waals surface area contributed by atoms with E-state index < -0.39 is 21.7 Å². The van der Waals surface area contributed by atoms with Crippen molar-refractivity contribution in [2.24, 2.45) is 0 Å². The lowest BCUT2D eigenvalue weighted by atomic mass is 10.1. The maximum atomic E-state index is 13.2. The van der Waals surface area contributed by atoms with Crippen LogP contribution in [0.15, 0.2) is 48.5 Å². The highest BCUT2D eigenvalue weighted by Gasteiger charge is 2.35. The first-order chi connectivity index (χ1) is 11.4. The molecule has 1 heterocycles. The molecule has 1 unspecified atom stereocenters. The zero-order valence-electron chi connectivity index (χ0n) is 12.7. The van der Waals surface area contributed by atoms with Crippen molar-refractivity contribution in [2.75, 3.05) is 16.4 Å². The van der Waals surface area contributed by atoms with Crippen LogP contribution in [0, 0.1) is 5.82 Å². The number of nitrogens with zero attached hydrogens (tertiary/aromatic N) is 1. The first-order valence-corrected chi connectivity index (χ1v) is 9.61. The predicted molar refractivity (Wildman–Crippen MR) is 91.7 cm³/mol. The van der Waals surface area contributed by atoms with E-state index in [0.29, 0.717) is 22.7 Å². The molecular weight excluding hydrogens is 353 g/mol. The monoisotopic (exact) mass is 367 g/mol. The summed E-state index contributed by atoms with van der Waals surface area (Å²) in [6.45, 7) is 0. The van der Waals surface area contributed by atoms with Crippen LogP contribution in [0.25, 0.3) is 0 Å². The van der Waals surface area contributed by atoms with Gasteiger partial charge >= 0.3 is 0 Å². The lowest BCUT2D eigenvalue weighted by Gasteiger charge is -2.28. The topological polar surface area (TPSA) is 54.5 Å². The minimum atomic E-state index is -3.17. The zero-order chi connectivity index (χ0) is 17.3. The second kappa shape index (κ2) is 6.53. The highest BCUT2D eigenvalue weighted by atomic mass is 35.5. The number of amides is 1. The first kappa shape index (κ1) is 16.9. The lowest BCUT2D eigenvalue weighted by Crippen LogP contribution is -2.41. The van der Waals surface area contributed by atoms with Gasteiger partial charge in [0, 0.05) is 16.3 Å². The number of carbonyl (C=O) groups is 1. The predicted octanol–water partition coefficient (Wildman–Crippen LogP) is 3.31. The molecule has 1 aliphatic heterocycles. The molecular formula is C17H15ClFNO3S. The fourth-order valence-corrected chi connectivity index (χ4v) is 4.63. The van der Waals surface area contributed by atoms with Crippen LogP contribution in [0.5, 0.6) is 0 Å². The molecule has 2 aromatic rings. The van der Waals surface area contributed by atoms with Crippen molar-refractivity contribution in [1.82, 2.24) is 0 Å². The van der Waals surface area contributed by atoms with Crippen molar-refractivity contribution < 1.29 is 17.6 Å². The number of sulfone groups is 1. The molecule has 0 bridgehead atoms. The number of hydrogen-bond donors (Lipinski definition) is 0. The van der Waals surface area contributed by atoms with Crippen molar-refractivity contribution in [2.45, 2.75) is 12.5 Å². The summed E-state index contributed by atoms with van der Waals surface area (Å²) in [6.07, 6.45) is 0.360. The Bertz CT molecular complexity index is 850. The molecule has 4 nitrogen and oxygen atoms in total. The third-order valence-electron chi connectivity index (χ3n) is 3.99. The molecule has 2 aromatic carbocycles. The van der Waals surface area contributed by atoms with Gasteiger partial charge in [0.25, 0.3) is 5.91 Å². The average molecular weight is 368 g/mol. The number of halogens is 2. The first-order valence-electron chi connectivity index (χ1n) is 7.41. The lowest BCUT2D eigenvalue weighted by molar-refractivity contribution is 0.0979. The molecule has 1 atom stereocenters. The molecule has 0 spiro atoms. The second-order valence-electron chi connectivity index (χ2n) is 5.72. The van der Waals surface area contributed by atoms with Gasteiger partial charge in [-0.1, -0.05) is 11.6 Å². The average Bonchev–Trinajstić information content (AvgIpc) is 2.90. The van der Waals surface area contributed by atoms with Crippen LogP contribution in [0.3, 0.4) is 0 Å². The van der Waals surface area contributed by atoms with Gasteiger partial charge in [-0.3, -0.25) is 4.79 Å². The minimum Gasteiger partial charge on any atom is -0.304 e. The summed E-state index contributed by atoms with van der Waals surface area (Å²) in [6, 6.07) is 11.4. The van der Waals surface area contributed by atoms with Gasteiger partial charge in [-0.05, 0) is 55.0 Å². The molecule has 0 N–H and O–H groups in total. The van der Waals surface area contributed by atoms with Gasteiger partial charge in [-0.25, -0.2) is 12.8 Å². The molecule has 1 aliphatic rings. The maximum absolute atomic E-state index is 13.2. The van der Waals surface area contributed by atoms with Crippen LogP contribution < -0.4 is 4.90 Å². The Balaban J connectivity index is 1.99. The van der Waals surface area contributed by atoms with Crippen molar-refractivity contribution in [1.29, 1.82) is 0 Å². The van der Waals surface area contributed by atoms with Crippen molar-refractivity contribution in [3.8, 4) is 0 Å². The number of hydrogen-bond acceptors (Lipinski definition) is 3. The van der Waals surface area contributed by atoms with Gasteiger partial charge in [0.2, 0.25) is 0 Å². The van der Waals surface area contributed by atoms with Crippen molar-refractivity contribution in [3.05, 3.63) is 64.9 Å². The van der Waals surface area contributed by atoms with Crippen LogP contribution in [0.4, 0.5) is 10.1 Å². The second-order valence-corrected chi connectivity index (χ2v) is 8.38. The van der Waals surface area contributed by atoms with E-state index in [0.717, 1.165) is 0 Å². The quantitative estimate of drug-likeness (QED) is 0.836. The highest BCUT2D eigenvalue weighted by molar-refractivity contribution is 7.91. The molecule has 24 heavy (non-hydrogen) atoms. The Morgan fingerprint density at radius 3 is 2.25 bits per heavy atom. The summed E-state index contributed by atoms with van der Waals surface area (Å²) in [4.78, 5) is 14.4. The fourth-order valence-electron chi connectivity index (χ4n) is 2.81. The van der Waals surface area contributed by atoms with E-state index in [9.17, 15) is 17.6 Å². The van der Waals surface area contributed by atoms with Crippen LogP contribution >= 0.6 is 11.6 Å². The summed E-state index contributed by atoms with van der Waals surface area (Å²) in [5.41, 5.74) is 0.867. The van der Waals surface area contributed by atoms with Crippen LogP contribution in [0.2, 0.25) is 5.02 Å². The molecule has 126 valence electrons. The maximum Gasteiger partial charge on any atom is 0.258 e.